The third-order valence-corrected chi connectivity index (χ3v) is 11.8. The summed E-state index contributed by atoms with van der Waals surface area (Å²) in [5.74, 6) is 1.62. The fourth-order valence-corrected chi connectivity index (χ4v) is 9.44. The zero-order valence-electron chi connectivity index (χ0n) is 24.2. The largest absolute Gasteiger partial charge is 0.462 e. The van der Waals surface area contributed by atoms with Gasteiger partial charge in [0.1, 0.15) is 11.1 Å². The van der Waals surface area contributed by atoms with Gasteiger partial charge in [0.05, 0.1) is 17.6 Å². The molecule has 0 saturated heterocycles. The van der Waals surface area contributed by atoms with Crippen LogP contribution in [0.2, 0.25) is 0 Å². The first-order chi connectivity index (χ1) is 18.5. The third kappa shape index (κ3) is 5.71. The molecule has 5 rings (SSSR count). The highest BCUT2D eigenvalue weighted by molar-refractivity contribution is 7.09. The Morgan fingerprint density at radius 2 is 2.03 bits per heavy atom. The Bertz CT molecular complexity index is 1150. The standard InChI is InChI=1S/C33H47NO4S/c1-20(8-13-30(38-23(4)35)33(15-16-33)31-34-21(2)19-39-31)27-11-12-28-24(7-6-14-32(27,28)5)9-10-25-17-26(36)18-29(37)22(25)3/h9-10,19-20,26-30,36-37H,3,6-8,11-18H2,1-2,4-5H3/b24-9+,25-10-/t20-,26-,27-,28+,29+,30-,32-/m1/s1. The number of aryl methyl sites for hydroxylation is 1. The maximum atomic E-state index is 12.1. The van der Waals surface area contributed by atoms with Gasteiger partial charge in [-0.2, -0.15) is 0 Å². The van der Waals surface area contributed by atoms with Crippen LogP contribution in [0.3, 0.4) is 0 Å². The second-order valence-electron chi connectivity index (χ2n) is 13.3. The van der Waals surface area contributed by atoms with Crippen LogP contribution in [0.15, 0.2) is 40.8 Å². The summed E-state index contributed by atoms with van der Waals surface area (Å²) >= 11 is 1.72. The van der Waals surface area contributed by atoms with Gasteiger partial charge in [0.25, 0.3) is 0 Å². The van der Waals surface area contributed by atoms with E-state index in [0.29, 0.717) is 30.6 Å². The van der Waals surface area contributed by atoms with E-state index < -0.39 is 12.2 Å². The molecular formula is C33H47NO4S. The second-order valence-corrected chi connectivity index (χ2v) is 14.1. The molecule has 4 fully saturated rings. The van der Waals surface area contributed by atoms with Gasteiger partial charge in [0, 0.05) is 24.4 Å². The van der Waals surface area contributed by atoms with Crippen molar-refractivity contribution in [1.82, 2.24) is 4.98 Å². The zero-order chi connectivity index (χ0) is 27.9. The Balaban J connectivity index is 1.28. The van der Waals surface area contributed by atoms with E-state index in [1.54, 1.807) is 11.3 Å². The maximum absolute atomic E-state index is 12.1. The van der Waals surface area contributed by atoms with Gasteiger partial charge in [-0.3, -0.25) is 4.79 Å². The number of aliphatic hydroxyl groups excluding tert-OH is 2. The quantitative estimate of drug-likeness (QED) is 0.340. The van der Waals surface area contributed by atoms with E-state index in [1.165, 1.54) is 38.2 Å². The second kappa shape index (κ2) is 11.3. The highest BCUT2D eigenvalue weighted by Gasteiger charge is 2.55. The van der Waals surface area contributed by atoms with E-state index in [2.05, 4.69) is 38.0 Å². The van der Waals surface area contributed by atoms with E-state index in [9.17, 15) is 15.0 Å². The summed E-state index contributed by atoms with van der Waals surface area (Å²) in [6.07, 6.45) is 14.3. The monoisotopic (exact) mass is 553 g/mol. The number of hydrogen-bond acceptors (Lipinski definition) is 6. The van der Waals surface area contributed by atoms with Crippen LogP contribution >= 0.6 is 11.3 Å². The van der Waals surface area contributed by atoms with Crippen LogP contribution in [-0.2, 0) is 14.9 Å². The van der Waals surface area contributed by atoms with E-state index in [4.69, 9.17) is 9.72 Å². The lowest BCUT2D eigenvalue weighted by Gasteiger charge is -2.44. The predicted octanol–water partition coefficient (Wildman–Crippen LogP) is 6.97. The number of esters is 1. The molecule has 2 N–H and O–H groups in total. The number of fused-ring (bicyclic) bond motifs is 1. The molecule has 0 unspecified atom stereocenters. The van der Waals surface area contributed by atoms with Crippen molar-refractivity contribution in [3.8, 4) is 0 Å². The van der Waals surface area contributed by atoms with Gasteiger partial charge < -0.3 is 14.9 Å². The van der Waals surface area contributed by atoms with Crippen molar-refractivity contribution in [2.24, 2.45) is 23.2 Å². The Morgan fingerprint density at radius 3 is 2.69 bits per heavy atom. The minimum atomic E-state index is -0.642. The Hall–Kier alpha value is -1.76. The lowest BCUT2D eigenvalue weighted by molar-refractivity contribution is -0.148. The van der Waals surface area contributed by atoms with E-state index in [0.717, 1.165) is 54.0 Å². The van der Waals surface area contributed by atoms with Gasteiger partial charge in [-0.1, -0.05) is 38.2 Å². The zero-order valence-corrected chi connectivity index (χ0v) is 25.1. The molecule has 7 atom stereocenters. The molecule has 4 saturated carbocycles. The van der Waals surface area contributed by atoms with Gasteiger partial charge in [0.15, 0.2) is 0 Å². The van der Waals surface area contributed by atoms with Crippen LogP contribution in [-0.4, -0.2) is 39.5 Å². The highest BCUT2D eigenvalue weighted by Crippen LogP contribution is 2.60. The van der Waals surface area contributed by atoms with Crippen molar-refractivity contribution in [3.05, 3.63) is 51.5 Å². The molecule has 0 amide bonds. The van der Waals surface area contributed by atoms with Crippen LogP contribution in [0.5, 0.6) is 0 Å². The maximum Gasteiger partial charge on any atom is 0.302 e. The molecule has 39 heavy (non-hydrogen) atoms. The number of aliphatic hydroxyl groups is 2. The summed E-state index contributed by atoms with van der Waals surface area (Å²) in [5, 5.41) is 23.7. The highest BCUT2D eigenvalue weighted by atomic mass is 32.1. The molecule has 214 valence electrons. The fourth-order valence-electron chi connectivity index (χ4n) is 8.33. The Morgan fingerprint density at radius 1 is 1.26 bits per heavy atom. The van der Waals surface area contributed by atoms with Crippen molar-refractivity contribution in [2.75, 3.05) is 0 Å². The summed E-state index contributed by atoms with van der Waals surface area (Å²) in [6, 6.07) is 0. The molecular weight excluding hydrogens is 506 g/mol. The number of ether oxygens (including phenoxy) is 1. The van der Waals surface area contributed by atoms with Gasteiger partial charge in [-0.25, -0.2) is 4.98 Å². The molecule has 4 aliphatic rings. The van der Waals surface area contributed by atoms with Crippen LogP contribution in [0, 0.1) is 30.1 Å². The van der Waals surface area contributed by atoms with Gasteiger partial charge in [-0.05, 0) is 105 Å². The number of carbonyl (C=O) groups is 1. The lowest BCUT2D eigenvalue weighted by atomic mass is 9.60. The molecule has 1 aromatic heterocycles. The molecule has 5 nitrogen and oxygen atoms in total. The number of nitrogens with zero attached hydrogens (tertiary/aromatic N) is 1. The number of hydrogen-bond donors (Lipinski definition) is 2. The minimum absolute atomic E-state index is 0.0784. The number of thiazole rings is 1. The smallest absolute Gasteiger partial charge is 0.302 e. The van der Waals surface area contributed by atoms with Gasteiger partial charge >= 0.3 is 5.97 Å². The normalized spacial score (nSPS) is 35.6. The van der Waals surface area contributed by atoms with Gasteiger partial charge in [0.2, 0.25) is 0 Å². The van der Waals surface area contributed by atoms with Crippen LogP contribution < -0.4 is 0 Å². The SMILES string of the molecule is C=C1/C(=C\C=C2/CCC[C@]3(C)[C@@H]([C@H](C)CC[C@@H](OC(C)=O)C4(c5nc(C)cs5)CC4)CC[C@@H]23)C[C@@H](O)C[C@@H]1O. The van der Waals surface area contributed by atoms with Crippen molar-refractivity contribution >= 4 is 17.3 Å². The molecule has 1 aromatic rings. The number of aromatic nitrogens is 1. The number of carbonyl (C=O) groups excluding carboxylic acids is 1. The summed E-state index contributed by atoms with van der Waals surface area (Å²) in [5.41, 5.74) is 4.54. The Kier molecular flexibility index (Phi) is 8.30. The number of rotatable bonds is 8. The van der Waals surface area contributed by atoms with Crippen molar-refractivity contribution in [3.63, 3.8) is 0 Å². The van der Waals surface area contributed by atoms with Gasteiger partial charge in [-0.15, -0.1) is 11.3 Å². The van der Waals surface area contributed by atoms with E-state index >= 15 is 0 Å². The summed E-state index contributed by atoms with van der Waals surface area (Å²) in [6.45, 7) is 12.6. The summed E-state index contributed by atoms with van der Waals surface area (Å²) < 4.78 is 5.99. The molecule has 0 spiro atoms. The average Bonchev–Trinajstić information content (AvgIpc) is 3.43. The topological polar surface area (TPSA) is 79.7 Å². The Labute approximate surface area is 238 Å². The predicted molar refractivity (Wildman–Crippen MR) is 156 cm³/mol. The van der Waals surface area contributed by atoms with E-state index in [-0.39, 0.29) is 22.9 Å². The van der Waals surface area contributed by atoms with Crippen molar-refractivity contribution in [2.45, 2.75) is 122 Å². The van der Waals surface area contributed by atoms with Crippen LogP contribution in [0.25, 0.3) is 0 Å². The first-order valence-corrected chi connectivity index (χ1v) is 16.0. The molecule has 0 aliphatic heterocycles. The van der Waals surface area contributed by atoms with Crippen molar-refractivity contribution in [1.29, 1.82) is 0 Å². The fraction of sp³-hybridized carbons (Fsp3) is 0.697. The van der Waals surface area contributed by atoms with E-state index in [1.807, 2.05) is 6.92 Å². The molecule has 6 heteroatoms. The molecule has 0 bridgehead atoms. The lowest BCUT2D eigenvalue weighted by Crippen LogP contribution is -2.37. The molecule has 4 aliphatic carbocycles. The van der Waals surface area contributed by atoms with Crippen LogP contribution in [0.1, 0.15) is 102 Å². The van der Waals surface area contributed by atoms with Crippen LogP contribution in [0.4, 0.5) is 0 Å². The average molecular weight is 554 g/mol. The first kappa shape index (κ1) is 28.8. The summed E-state index contributed by atoms with van der Waals surface area (Å²) in [7, 11) is 0. The number of allylic oxidation sites excluding steroid dienone is 3. The third-order valence-electron chi connectivity index (χ3n) is 10.6. The molecule has 0 radical (unpaired) electrons. The first-order valence-electron chi connectivity index (χ1n) is 15.1. The molecule has 1 heterocycles. The molecule has 0 aromatic carbocycles. The van der Waals surface area contributed by atoms with Crippen molar-refractivity contribution < 1.29 is 19.7 Å². The minimum Gasteiger partial charge on any atom is -0.462 e. The summed E-state index contributed by atoms with van der Waals surface area (Å²) in [4.78, 5) is 16.9.